The Bertz CT molecular complexity index is 280. The van der Waals surface area contributed by atoms with Crippen molar-refractivity contribution >= 4 is 0 Å². The summed E-state index contributed by atoms with van der Waals surface area (Å²) >= 11 is 0. The Labute approximate surface area is 77.9 Å². The van der Waals surface area contributed by atoms with Crippen LogP contribution in [-0.2, 0) is 4.74 Å². The topological polar surface area (TPSA) is 48.1 Å². The molecule has 70 valence electrons. The molecule has 2 heterocycles. The molecular weight excluding hydrogens is 164 g/mol. The van der Waals surface area contributed by atoms with E-state index in [1.165, 1.54) is 0 Å². The van der Waals surface area contributed by atoms with Crippen LogP contribution in [0.15, 0.2) is 24.5 Å². The number of nitrogens with zero attached hydrogens (tertiary/aromatic N) is 1. The fourth-order valence-electron chi connectivity index (χ4n) is 1.61. The van der Waals surface area contributed by atoms with Crippen molar-refractivity contribution < 1.29 is 4.74 Å². The van der Waals surface area contributed by atoms with Crippen molar-refractivity contribution in [3.63, 3.8) is 0 Å². The van der Waals surface area contributed by atoms with Crippen LogP contribution in [0.1, 0.15) is 25.0 Å². The second-order valence-corrected chi connectivity index (χ2v) is 3.75. The number of rotatable bonds is 2. The fraction of sp³-hybridized carbons (Fsp3) is 0.500. The number of hydrogen-bond acceptors (Lipinski definition) is 3. The van der Waals surface area contributed by atoms with Crippen LogP contribution in [0.4, 0.5) is 0 Å². The Balaban J connectivity index is 2.01. The first-order valence-corrected chi connectivity index (χ1v) is 4.51. The van der Waals surface area contributed by atoms with Crippen LogP contribution in [0.3, 0.4) is 0 Å². The minimum absolute atomic E-state index is 0.111. The molecule has 0 amide bonds. The maximum Gasteiger partial charge on any atom is 0.0875 e. The first-order valence-electron chi connectivity index (χ1n) is 4.51. The first kappa shape index (κ1) is 8.66. The lowest BCUT2D eigenvalue weighted by Gasteiger charge is -2.44. The summed E-state index contributed by atoms with van der Waals surface area (Å²) in [5.74, 6) is 0. The largest absolute Gasteiger partial charge is 0.366 e. The molecule has 0 aromatic carbocycles. The quantitative estimate of drug-likeness (QED) is 0.741. The van der Waals surface area contributed by atoms with Gasteiger partial charge in [0.2, 0.25) is 0 Å². The molecule has 1 aliphatic rings. The SMILES string of the molecule is CC1(CN)CC(c2cccnc2)O1. The van der Waals surface area contributed by atoms with Crippen molar-refractivity contribution in [2.75, 3.05) is 6.54 Å². The van der Waals surface area contributed by atoms with Crippen molar-refractivity contribution in [3.05, 3.63) is 30.1 Å². The summed E-state index contributed by atoms with van der Waals surface area (Å²) in [4.78, 5) is 4.05. The number of ether oxygens (including phenoxy) is 1. The highest BCUT2D eigenvalue weighted by Gasteiger charge is 2.40. The third kappa shape index (κ3) is 1.57. The number of pyridine rings is 1. The monoisotopic (exact) mass is 178 g/mol. The Hall–Kier alpha value is -0.930. The minimum atomic E-state index is -0.111. The molecule has 2 atom stereocenters. The minimum Gasteiger partial charge on any atom is -0.366 e. The Kier molecular flexibility index (Phi) is 2.06. The lowest BCUT2D eigenvalue weighted by molar-refractivity contribution is -0.192. The standard InChI is InChI=1S/C10H14N2O/c1-10(7-11)5-9(13-10)8-3-2-4-12-6-8/h2-4,6,9H,5,7,11H2,1H3. The molecule has 0 radical (unpaired) electrons. The molecule has 3 heteroatoms. The molecule has 1 saturated heterocycles. The molecule has 3 nitrogen and oxygen atoms in total. The van der Waals surface area contributed by atoms with Crippen molar-refractivity contribution in [3.8, 4) is 0 Å². The van der Waals surface area contributed by atoms with Gasteiger partial charge in [0.1, 0.15) is 0 Å². The van der Waals surface area contributed by atoms with E-state index in [0.29, 0.717) is 6.54 Å². The third-order valence-corrected chi connectivity index (χ3v) is 2.53. The maximum absolute atomic E-state index is 5.70. The highest BCUT2D eigenvalue weighted by molar-refractivity contribution is 5.16. The lowest BCUT2D eigenvalue weighted by Crippen LogP contribution is -2.48. The highest BCUT2D eigenvalue weighted by atomic mass is 16.5. The van der Waals surface area contributed by atoms with Gasteiger partial charge in [-0.05, 0) is 18.6 Å². The molecule has 13 heavy (non-hydrogen) atoms. The van der Waals surface area contributed by atoms with Crippen LogP contribution in [0.2, 0.25) is 0 Å². The number of aromatic nitrogens is 1. The van der Waals surface area contributed by atoms with Gasteiger partial charge in [0.05, 0.1) is 11.7 Å². The molecule has 1 aromatic heterocycles. The van der Waals surface area contributed by atoms with Crippen molar-refractivity contribution in [1.82, 2.24) is 4.98 Å². The van der Waals surface area contributed by atoms with Gasteiger partial charge in [0.25, 0.3) is 0 Å². The van der Waals surface area contributed by atoms with E-state index in [1.807, 2.05) is 25.3 Å². The van der Waals surface area contributed by atoms with Gasteiger partial charge >= 0.3 is 0 Å². The second kappa shape index (κ2) is 3.09. The van der Waals surface area contributed by atoms with Crippen molar-refractivity contribution in [2.45, 2.75) is 25.0 Å². The Morgan fingerprint density at radius 2 is 2.54 bits per heavy atom. The van der Waals surface area contributed by atoms with Crippen LogP contribution in [0, 0.1) is 0 Å². The van der Waals surface area contributed by atoms with Gasteiger partial charge in [-0.2, -0.15) is 0 Å². The molecule has 2 rings (SSSR count). The summed E-state index contributed by atoms with van der Waals surface area (Å²) < 4.78 is 5.70. The predicted octanol–water partition coefficient (Wildman–Crippen LogP) is 1.26. The van der Waals surface area contributed by atoms with E-state index in [9.17, 15) is 0 Å². The fourth-order valence-corrected chi connectivity index (χ4v) is 1.61. The van der Waals surface area contributed by atoms with Crippen LogP contribution in [-0.4, -0.2) is 17.1 Å². The van der Waals surface area contributed by atoms with Gasteiger partial charge in [-0.25, -0.2) is 0 Å². The van der Waals surface area contributed by atoms with E-state index in [1.54, 1.807) is 6.20 Å². The molecular formula is C10H14N2O. The van der Waals surface area contributed by atoms with Crippen molar-refractivity contribution in [2.24, 2.45) is 5.73 Å². The summed E-state index contributed by atoms with van der Waals surface area (Å²) in [7, 11) is 0. The molecule has 1 aliphatic heterocycles. The van der Waals surface area contributed by atoms with Gasteiger partial charge in [-0.1, -0.05) is 6.07 Å². The van der Waals surface area contributed by atoms with Gasteiger partial charge in [0, 0.05) is 25.4 Å². The predicted molar refractivity (Wildman–Crippen MR) is 50.1 cm³/mol. The normalized spacial score (nSPS) is 32.6. The number of nitrogens with two attached hydrogens (primary N) is 1. The molecule has 2 unspecified atom stereocenters. The van der Waals surface area contributed by atoms with Gasteiger partial charge in [-0.15, -0.1) is 0 Å². The molecule has 0 saturated carbocycles. The summed E-state index contributed by atoms with van der Waals surface area (Å²) in [5, 5.41) is 0. The molecule has 1 aromatic rings. The molecule has 2 N–H and O–H groups in total. The zero-order valence-electron chi connectivity index (χ0n) is 7.73. The Morgan fingerprint density at radius 3 is 3.08 bits per heavy atom. The van der Waals surface area contributed by atoms with Gasteiger partial charge < -0.3 is 10.5 Å². The smallest absolute Gasteiger partial charge is 0.0875 e. The van der Waals surface area contributed by atoms with Crippen LogP contribution < -0.4 is 5.73 Å². The van der Waals surface area contributed by atoms with Crippen LogP contribution in [0.25, 0.3) is 0 Å². The zero-order chi connectivity index (χ0) is 9.31. The van der Waals surface area contributed by atoms with Crippen LogP contribution in [0.5, 0.6) is 0 Å². The van der Waals surface area contributed by atoms with Crippen molar-refractivity contribution in [1.29, 1.82) is 0 Å². The van der Waals surface area contributed by atoms with E-state index in [0.717, 1.165) is 12.0 Å². The van der Waals surface area contributed by atoms with E-state index < -0.39 is 0 Å². The summed E-state index contributed by atoms with van der Waals surface area (Å²) in [6, 6.07) is 3.96. The van der Waals surface area contributed by atoms with E-state index in [-0.39, 0.29) is 11.7 Å². The maximum atomic E-state index is 5.70. The first-order chi connectivity index (χ1) is 6.23. The summed E-state index contributed by atoms with van der Waals surface area (Å²) in [6.07, 6.45) is 4.81. The Morgan fingerprint density at radius 1 is 1.77 bits per heavy atom. The van der Waals surface area contributed by atoms with Crippen LogP contribution >= 0.6 is 0 Å². The third-order valence-electron chi connectivity index (χ3n) is 2.53. The zero-order valence-corrected chi connectivity index (χ0v) is 7.73. The summed E-state index contributed by atoms with van der Waals surface area (Å²) in [5.41, 5.74) is 6.60. The van der Waals surface area contributed by atoms with Gasteiger partial charge in [-0.3, -0.25) is 4.98 Å². The molecule has 0 bridgehead atoms. The highest BCUT2D eigenvalue weighted by Crippen LogP contribution is 2.41. The lowest BCUT2D eigenvalue weighted by atomic mass is 9.88. The van der Waals surface area contributed by atoms with E-state index in [2.05, 4.69) is 4.98 Å². The molecule has 0 aliphatic carbocycles. The molecule has 0 spiro atoms. The number of hydrogen-bond donors (Lipinski definition) is 1. The van der Waals surface area contributed by atoms with E-state index >= 15 is 0 Å². The van der Waals surface area contributed by atoms with Gasteiger partial charge in [0.15, 0.2) is 0 Å². The second-order valence-electron chi connectivity index (χ2n) is 3.75. The summed E-state index contributed by atoms with van der Waals surface area (Å²) in [6.45, 7) is 2.63. The molecule has 1 fully saturated rings. The van der Waals surface area contributed by atoms with E-state index in [4.69, 9.17) is 10.5 Å². The average Bonchev–Trinajstić information content (AvgIpc) is 2.14. The average molecular weight is 178 g/mol.